The van der Waals surface area contributed by atoms with Crippen molar-refractivity contribution in [2.24, 2.45) is 11.8 Å². The van der Waals surface area contributed by atoms with Gasteiger partial charge in [0.1, 0.15) is 0 Å². The molecular weight excluding hydrogens is 186 g/mol. The lowest BCUT2D eigenvalue weighted by Gasteiger charge is -2.16. The van der Waals surface area contributed by atoms with Crippen molar-refractivity contribution in [3.8, 4) is 0 Å². The highest BCUT2D eigenvalue weighted by Crippen LogP contribution is 2.33. The third kappa shape index (κ3) is 6.16. The normalized spacial score (nSPS) is 18.4. The monoisotopic (exact) mass is 213 g/mol. The largest absolute Gasteiger partial charge is 0.381 e. The van der Waals surface area contributed by atoms with Crippen LogP contribution in [-0.2, 0) is 4.74 Å². The lowest BCUT2D eigenvalue weighted by molar-refractivity contribution is 0.107. The zero-order valence-electron chi connectivity index (χ0n) is 10.6. The molecule has 1 aliphatic carbocycles. The lowest BCUT2D eigenvalue weighted by Crippen LogP contribution is -2.31. The molecule has 0 aromatic heterocycles. The molecule has 2 heteroatoms. The molecule has 0 bridgehead atoms. The molecule has 15 heavy (non-hydrogen) atoms. The standard InChI is InChI=1S/C13H27NO/c1-4-13(12-6-7-12)14-8-5-9-15-10-11(2)3/h11-14H,4-10H2,1-3H3. The van der Waals surface area contributed by atoms with Crippen molar-refractivity contribution in [2.45, 2.75) is 52.5 Å². The fraction of sp³-hybridized carbons (Fsp3) is 1.00. The van der Waals surface area contributed by atoms with Gasteiger partial charge in [-0.1, -0.05) is 20.8 Å². The van der Waals surface area contributed by atoms with E-state index < -0.39 is 0 Å². The van der Waals surface area contributed by atoms with Gasteiger partial charge in [-0.05, 0) is 44.1 Å². The minimum absolute atomic E-state index is 0.660. The lowest BCUT2D eigenvalue weighted by atomic mass is 10.1. The molecule has 0 amide bonds. The SMILES string of the molecule is CCC(NCCCOCC(C)C)C1CC1. The van der Waals surface area contributed by atoms with Gasteiger partial charge in [-0.2, -0.15) is 0 Å². The molecule has 90 valence electrons. The van der Waals surface area contributed by atoms with Crippen LogP contribution in [0.4, 0.5) is 0 Å². The zero-order valence-corrected chi connectivity index (χ0v) is 10.6. The van der Waals surface area contributed by atoms with Crippen molar-refractivity contribution in [2.75, 3.05) is 19.8 Å². The Labute approximate surface area is 94.8 Å². The van der Waals surface area contributed by atoms with Crippen LogP contribution in [0, 0.1) is 11.8 Å². The van der Waals surface area contributed by atoms with Gasteiger partial charge in [0.25, 0.3) is 0 Å². The summed E-state index contributed by atoms with van der Waals surface area (Å²) in [6.07, 6.45) is 5.30. The van der Waals surface area contributed by atoms with E-state index in [1.54, 1.807) is 0 Å². The maximum Gasteiger partial charge on any atom is 0.0489 e. The third-order valence-corrected chi connectivity index (χ3v) is 2.95. The van der Waals surface area contributed by atoms with E-state index in [0.717, 1.165) is 38.1 Å². The van der Waals surface area contributed by atoms with Gasteiger partial charge in [0.15, 0.2) is 0 Å². The Morgan fingerprint density at radius 3 is 2.60 bits per heavy atom. The average molecular weight is 213 g/mol. The molecule has 0 aromatic rings. The van der Waals surface area contributed by atoms with E-state index in [2.05, 4.69) is 26.1 Å². The molecular formula is C13H27NO. The Morgan fingerprint density at radius 2 is 2.07 bits per heavy atom. The van der Waals surface area contributed by atoms with Crippen molar-refractivity contribution in [1.29, 1.82) is 0 Å². The molecule has 0 aliphatic heterocycles. The first-order valence-corrected chi connectivity index (χ1v) is 6.55. The Bertz CT molecular complexity index is 155. The molecule has 1 saturated carbocycles. The van der Waals surface area contributed by atoms with Gasteiger partial charge in [-0.15, -0.1) is 0 Å². The van der Waals surface area contributed by atoms with Gasteiger partial charge in [-0.25, -0.2) is 0 Å². The summed E-state index contributed by atoms with van der Waals surface area (Å²) in [5.41, 5.74) is 0. The quantitative estimate of drug-likeness (QED) is 0.595. The fourth-order valence-corrected chi connectivity index (χ4v) is 1.92. The molecule has 1 fully saturated rings. The molecule has 2 nitrogen and oxygen atoms in total. The summed E-state index contributed by atoms with van der Waals surface area (Å²) in [7, 11) is 0. The van der Waals surface area contributed by atoms with E-state index in [-0.39, 0.29) is 0 Å². The zero-order chi connectivity index (χ0) is 11.1. The Balaban J connectivity index is 1.87. The van der Waals surface area contributed by atoms with Crippen LogP contribution in [0.5, 0.6) is 0 Å². The Morgan fingerprint density at radius 1 is 1.33 bits per heavy atom. The Hall–Kier alpha value is -0.0800. The highest BCUT2D eigenvalue weighted by molar-refractivity contribution is 4.85. The first-order valence-electron chi connectivity index (χ1n) is 6.55. The van der Waals surface area contributed by atoms with Gasteiger partial charge < -0.3 is 10.1 Å². The van der Waals surface area contributed by atoms with E-state index in [1.807, 2.05) is 0 Å². The van der Waals surface area contributed by atoms with Crippen LogP contribution in [-0.4, -0.2) is 25.8 Å². The summed E-state index contributed by atoms with van der Waals surface area (Å²) in [6.45, 7) is 9.60. The highest BCUT2D eigenvalue weighted by atomic mass is 16.5. The molecule has 1 atom stereocenters. The topological polar surface area (TPSA) is 21.3 Å². The smallest absolute Gasteiger partial charge is 0.0489 e. The van der Waals surface area contributed by atoms with Crippen LogP contribution < -0.4 is 5.32 Å². The molecule has 0 saturated heterocycles. The molecule has 1 N–H and O–H groups in total. The molecule has 0 radical (unpaired) electrons. The molecule has 1 rings (SSSR count). The summed E-state index contributed by atoms with van der Waals surface area (Å²) in [5.74, 6) is 1.64. The number of rotatable bonds is 9. The minimum atomic E-state index is 0.660. The molecule has 0 aromatic carbocycles. The van der Waals surface area contributed by atoms with E-state index in [9.17, 15) is 0 Å². The molecule has 0 heterocycles. The second-order valence-corrected chi connectivity index (χ2v) is 5.13. The van der Waals surface area contributed by atoms with Crippen molar-refractivity contribution < 1.29 is 4.74 Å². The van der Waals surface area contributed by atoms with Crippen LogP contribution >= 0.6 is 0 Å². The predicted octanol–water partition coefficient (Wildman–Crippen LogP) is 2.83. The van der Waals surface area contributed by atoms with Gasteiger partial charge in [0.05, 0.1) is 0 Å². The minimum Gasteiger partial charge on any atom is -0.381 e. The van der Waals surface area contributed by atoms with Gasteiger partial charge in [0, 0.05) is 19.3 Å². The van der Waals surface area contributed by atoms with Crippen LogP contribution in [0.3, 0.4) is 0 Å². The van der Waals surface area contributed by atoms with Crippen LogP contribution in [0.15, 0.2) is 0 Å². The van der Waals surface area contributed by atoms with E-state index in [4.69, 9.17) is 4.74 Å². The van der Waals surface area contributed by atoms with E-state index in [1.165, 1.54) is 19.3 Å². The summed E-state index contributed by atoms with van der Waals surface area (Å²) < 4.78 is 5.55. The predicted molar refractivity (Wildman–Crippen MR) is 65.1 cm³/mol. The highest BCUT2D eigenvalue weighted by Gasteiger charge is 2.29. The molecule has 0 spiro atoms. The summed E-state index contributed by atoms with van der Waals surface area (Å²) in [6, 6.07) is 0.773. The first kappa shape index (κ1) is 13.0. The number of hydrogen-bond acceptors (Lipinski definition) is 2. The molecule has 1 unspecified atom stereocenters. The van der Waals surface area contributed by atoms with Crippen LogP contribution in [0.25, 0.3) is 0 Å². The maximum atomic E-state index is 5.55. The third-order valence-electron chi connectivity index (χ3n) is 2.95. The van der Waals surface area contributed by atoms with Gasteiger partial charge >= 0.3 is 0 Å². The fourth-order valence-electron chi connectivity index (χ4n) is 1.92. The number of hydrogen-bond donors (Lipinski definition) is 1. The van der Waals surface area contributed by atoms with Crippen LogP contribution in [0.1, 0.15) is 46.5 Å². The van der Waals surface area contributed by atoms with Crippen LogP contribution in [0.2, 0.25) is 0 Å². The Kier molecular flexibility index (Phi) is 6.26. The van der Waals surface area contributed by atoms with Gasteiger partial charge in [0.2, 0.25) is 0 Å². The van der Waals surface area contributed by atoms with Crippen molar-refractivity contribution in [3.63, 3.8) is 0 Å². The van der Waals surface area contributed by atoms with Gasteiger partial charge in [-0.3, -0.25) is 0 Å². The molecule has 1 aliphatic rings. The summed E-state index contributed by atoms with van der Waals surface area (Å²) >= 11 is 0. The average Bonchev–Trinajstić information content (AvgIpc) is 3.00. The second-order valence-electron chi connectivity index (χ2n) is 5.13. The first-order chi connectivity index (χ1) is 7.24. The van der Waals surface area contributed by atoms with E-state index in [0.29, 0.717) is 5.92 Å². The van der Waals surface area contributed by atoms with Crippen molar-refractivity contribution in [3.05, 3.63) is 0 Å². The van der Waals surface area contributed by atoms with Crippen molar-refractivity contribution >= 4 is 0 Å². The number of ether oxygens (including phenoxy) is 1. The van der Waals surface area contributed by atoms with Crippen molar-refractivity contribution in [1.82, 2.24) is 5.32 Å². The number of nitrogens with one attached hydrogen (secondary N) is 1. The summed E-state index contributed by atoms with van der Waals surface area (Å²) in [4.78, 5) is 0. The van der Waals surface area contributed by atoms with E-state index >= 15 is 0 Å². The summed E-state index contributed by atoms with van der Waals surface area (Å²) in [5, 5.41) is 3.64. The maximum absolute atomic E-state index is 5.55. The second kappa shape index (κ2) is 7.24.